The molecule has 0 atom stereocenters. The molecule has 0 aliphatic rings. The Bertz CT molecular complexity index is 606. The van der Waals surface area contributed by atoms with Crippen molar-refractivity contribution in [1.29, 1.82) is 0 Å². The topological polar surface area (TPSA) is 61.8 Å². The zero-order chi connectivity index (χ0) is 15.2. The summed E-state index contributed by atoms with van der Waals surface area (Å²) in [5.41, 5.74) is 1.50. The van der Waals surface area contributed by atoms with Crippen molar-refractivity contribution in [1.82, 2.24) is 0 Å². The Morgan fingerprint density at radius 2 is 1.10 bits per heavy atom. The van der Waals surface area contributed by atoms with Crippen LogP contribution in [0.3, 0.4) is 0 Å². The van der Waals surface area contributed by atoms with Crippen molar-refractivity contribution in [3.05, 3.63) is 59.7 Å². The van der Waals surface area contributed by atoms with Crippen LogP contribution in [0.1, 0.15) is 11.1 Å². The lowest BCUT2D eigenvalue weighted by atomic mass is 10.2. The minimum Gasteiger partial charge on any atom is -0.394 e. The van der Waals surface area contributed by atoms with E-state index in [1.54, 1.807) is 62.4 Å². The first-order valence-corrected chi connectivity index (χ1v) is 6.29. The van der Waals surface area contributed by atoms with Gasteiger partial charge in [-0.25, -0.2) is 9.59 Å². The zero-order valence-corrected chi connectivity index (χ0v) is 11.7. The van der Waals surface area contributed by atoms with Gasteiger partial charge in [0.25, 0.3) is 0 Å². The molecule has 0 aliphatic carbocycles. The van der Waals surface area contributed by atoms with Gasteiger partial charge in [0, 0.05) is 0 Å². The number of ether oxygens (including phenoxy) is 3. The summed E-state index contributed by atoms with van der Waals surface area (Å²) in [6, 6.07) is 13.8. The summed E-state index contributed by atoms with van der Waals surface area (Å²) in [4.78, 5) is 23.0. The molecule has 2 aromatic rings. The second-order valence-corrected chi connectivity index (χ2v) is 4.34. The minimum absolute atomic E-state index is 0.325. The average molecular weight is 286 g/mol. The second-order valence-electron chi connectivity index (χ2n) is 4.34. The minimum atomic E-state index is -1.14. The fourth-order valence-electron chi connectivity index (χ4n) is 1.63. The molecule has 2 aromatic carbocycles. The summed E-state index contributed by atoms with van der Waals surface area (Å²) in [7, 11) is 0. The summed E-state index contributed by atoms with van der Waals surface area (Å²) >= 11 is 0. The van der Waals surface area contributed by atoms with Crippen molar-refractivity contribution >= 4 is 12.3 Å². The molecule has 0 saturated heterocycles. The summed E-state index contributed by atoms with van der Waals surface area (Å²) in [5.74, 6) is 0.650. The Kier molecular flexibility index (Phi) is 4.56. The van der Waals surface area contributed by atoms with Gasteiger partial charge in [-0.05, 0) is 37.1 Å². The van der Waals surface area contributed by atoms with E-state index < -0.39 is 12.3 Å². The second kappa shape index (κ2) is 6.56. The van der Waals surface area contributed by atoms with Crippen LogP contribution < -0.4 is 9.47 Å². The molecule has 0 aliphatic heterocycles. The van der Waals surface area contributed by atoms with E-state index >= 15 is 0 Å². The van der Waals surface area contributed by atoms with Crippen molar-refractivity contribution in [2.45, 2.75) is 13.8 Å². The maximum Gasteiger partial charge on any atom is 0.524 e. The van der Waals surface area contributed by atoms with Crippen molar-refractivity contribution in [3.63, 3.8) is 0 Å². The smallest absolute Gasteiger partial charge is 0.394 e. The van der Waals surface area contributed by atoms with Crippen LogP contribution >= 0.6 is 0 Å². The Morgan fingerprint density at radius 3 is 1.48 bits per heavy atom. The highest BCUT2D eigenvalue weighted by Crippen LogP contribution is 2.18. The maximum absolute atomic E-state index is 11.5. The van der Waals surface area contributed by atoms with E-state index in [4.69, 9.17) is 9.47 Å². The Morgan fingerprint density at radius 1 is 0.714 bits per heavy atom. The molecule has 5 nitrogen and oxygen atoms in total. The van der Waals surface area contributed by atoms with Crippen LogP contribution in [0.4, 0.5) is 9.59 Å². The molecule has 0 amide bonds. The van der Waals surface area contributed by atoms with E-state index in [1.807, 2.05) is 0 Å². The predicted molar refractivity (Wildman–Crippen MR) is 75.5 cm³/mol. The number of rotatable bonds is 2. The zero-order valence-electron chi connectivity index (χ0n) is 11.7. The van der Waals surface area contributed by atoms with Crippen LogP contribution in [0.15, 0.2) is 48.5 Å². The van der Waals surface area contributed by atoms with Crippen molar-refractivity contribution in [3.8, 4) is 11.5 Å². The maximum atomic E-state index is 11.5. The van der Waals surface area contributed by atoms with Crippen molar-refractivity contribution in [2.75, 3.05) is 0 Å². The van der Waals surface area contributed by atoms with Crippen LogP contribution in [0.25, 0.3) is 0 Å². The quantitative estimate of drug-likeness (QED) is 0.474. The third-order valence-electron chi connectivity index (χ3n) is 2.74. The highest BCUT2D eigenvalue weighted by molar-refractivity contribution is 5.79. The molecular formula is C16H14O5. The van der Waals surface area contributed by atoms with Gasteiger partial charge >= 0.3 is 12.3 Å². The van der Waals surface area contributed by atoms with E-state index in [0.29, 0.717) is 11.5 Å². The average Bonchev–Trinajstić information content (AvgIpc) is 2.44. The lowest BCUT2D eigenvalue weighted by Gasteiger charge is -2.08. The third kappa shape index (κ3) is 4.07. The highest BCUT2D eigenvalue weighted by Gasteiger charge is 2.16. The lowest BCUT2D eigenvalue weighted by molar-refractivity contribution is 0.0892. The van der Waals surface area contributed by atoms with E-state index in [2.05, 4.69) is 4.74 Å². The molecule has 0 unspecified atom stereocenters. The first-order chi connectivity index (χ1) is 10.1. The number of aryl methyl sites for hydroxylation is 2. The molecule has 0 heterocycles. The third-order valence-corrected chi connectivity index (χ3v) is 2.74. The normalized spacial score (nSPS) is 9.81. The molecule has 0 radical (unpaired) electrons. The number of carbonyl (C=O) groups excluding carboxylic acids is 2. The van der Waals surface area contributed by atoms with Crippen molar-refractivity contribution in [2.24, 2.45) is 0 Å². The molecule has 21 heavy (non-hydrogen) atoms. The summed E-state index contributed by atoms with van der Waals surface area (Å²) in [6.45, 7) is 3.54. The highest BCUT2D eigenvalue weighted by atomic mass is 16.8. The molecule has 0 aromatic heterocycles. The van der Waals surface area contributed by atoms with E-state index in [0.717, 1.165) is 11.1 Å². The van der Waals surface area contributed by atoms with Crippen LogP contribution in [-0.4, -0.2) is 12.3 Å². The summed E-state index contributed by atoms with van der Waals surface area (Å²) in [6.07, 6.45) is -2.27. The molecule has 0 spiro atoms. The van der Waals surface area contributed by atoms with Crippen LogP contribution in [0, 0.1) is 13.8 Å². The SMILES string of the molecule is Cc1ccccc1OC(=O)OC(=O)Oc1ccccc1C. The van der Waals surface area contributed by atoms with Gasteiger partial charge in [-0.2, -0.15) is 0 Å². The van der Waals surface area contributed by atoms with Crippen LogP contribution in [-0.2, 0) is 4.74 Å². The van der Waals surface area contributed by atoms with Gasteiger partial charge in [0.15, 0.2) is 0 Å². The largest absolute Gasteiger partial charge is 0.524 e. The van der Waals surface area contributed by atoms with Gasteiger partial charge in [-0.3, -0.25) is 0 Å². The molecule has 0 N–H and O–H groups in total. The Balaban J connectivity index is 1.93. The molecule has 108 valence electrons. The number of benzene rings is 2. The van der Waals surface area contributed by atoms with Gasteiger partial charge in [-0.1, -0.05) is 36.4 Å². The fourth-order valence-corrected chi connectivity index (χ4v) is 1.63. The van der Waals surface area contributed by atoms with Gasteiger partial charge in [-0.15, -0.1) is 0 Å². The van der Waals surface area contributed by atoms with Crippen LogP contribution in [0.5, 0.6) is 11.5 Å². The number of hydrogen-bond acceptors (Lipinski definition) is 5. The van der Waals surface area contributed by atoms with Crippen LogP contribution in [0.2, 0.25) is 0 Å². The van der Waals surface area contributed by atoms with E-state index in [-0.39, 0.29) is 0 Å². The number of para-hydroxylation sites is 2. The number of carbonyl (C=O) groups is 2. The van der Waals surface area contributed by atoms with Gasteiger partial charge < -0.3 is 14.2 Å². The van der Waals surface area contributed by atoms with Gasteiger partial charge in [0.2, 0.25) is 0 Å². The lowest BCUT2D eigenvalue weighted by Crippen LogP contribution is -2.19. The molecule has 0 bridgehead atoms. The molecule has 2 rings (SSSR count). The summed E-state index contributed by atoms with van der Waals surface area (Å²) in [5, 5.41) is 0. The molecule has 0 fully saturated rings. The molecule has 0 saturated carbocycles. The number of hydrogen-bond donors (Lipinski definition) is 0. The predicted octanol–water partition coefficient (Wildman–Crippen LogP) is 4.02. The Labute approximate surface area is 122 Å². The van der Waals surface area contributed by atoms with Gasteiger partial charge in [0.05, 0.1) is 0 Å². The summed E-state index contributed by atoms with van der Waals surface area (Å²) < 4.78 is 14.3. The van der Waals surface area contributed by atoms with E-state index in [9.17, 15) is 9.59 Å². The monoisotopic (exact) mass is 286 g/mol. The van der Waals surface area contributed by atoms with Crippen molar-refractivity contribution < 1.29 is 23.8 Å². The first-order valence-electron chi connectivity index (χ1n) is 6.29. The standard InChI is InChI=1S/C16H14O5/c1-11-7-3-5-9-13(11)19-15(17)21-16(18)20-14-10-6-4-8-12(14)2/h3-10H,1-2H3. The van der Waals surface area contributed by atoms with Gasteiger partial charge in [0.1, 0.15) is 11.5 Å². The first kappa shape index (κ1) is 14.6. The Hall–Kier alpha value is -2.82. The molecule has 5 heteroatoms. The fraction of sp³-hybridized carbons (Fsp3) is 0.125. The molecular weight excluding hydrogens is 272 g/mol. The van der Waals surface area contributed by atoms with E-state index in [1.165, 1.54) is 0 Å².